The third-order valence-electron chi connectivity index (χ3n) is 3.46. The van der Waals surface area contributed by atoms with E-state index in [1.54, 1.807) is 19.1 Å². The lowest BCUT2D eigenvalue weighted by atomic mass is 9.96. The standard InChI is InChI=1S/C15H23NO4S/c1-4-5-6-14(15(17)18)12(3)16-21(19,20)13-9-7-11(2)8-10-13/h7-10,12,14,16H,4-6H2,1-3H3,(H,17,18)/t12-,14+/m1/s1. The Labute approximate surface area is 126 Å². The van der Waals surface area contributed by atoms with Crippen LogP contribution in [0, 0.1) is 12.8 Å². The summed E-state index contributed by atoms with van der Waals surface area (Å²) in [6.07, 6.45) is 2.10. The van der Waals surface area contributed by atoms with Gasteiger partial charge in [-0.3, -0.25) is 4.79 Å². The zero-order valence-corrected chi connectivity index (χ0v) is 13.5. The molecular formula is C15H23NO4S. The van der Waals surface area contributed by atoms with Gasteiger partial charge in [0.1, 0.15) is 0 Å². The number of hydrogen-bond acceptors (Lipinski definition) is 3. The van der Waals surface area contributed by atoms with Crippen LogP contribution in [-0.2, 0) is 14.8 Å². The normalized spacial score (nSPS) is 14.6. The molecule has 0 radical (unpaired) electrons. The molecule has 118 valence electrons. The first kappa shape index (κ1) is 17.7. The van der Waals surface area contributed by atoms with E-state index in [1.807, 2.05) is 13.8 Å². The zero-order valence-electron chi connectivity index (χ0n) is 12.7. The fourth-order valence-corrected chi connectivity index (χ4v) is 3.41. The topological polar surface area (TPSA) is 83.5 Å². The minimum Gasteiger partial charge on any atom is -0.481 e. The van der Waals surface area contributed by atoms with Gasteiger partial charge in [0.15, 0.2) is 0 Å². The molecule has 0 amide bonds. The summed E-state index contributed by atoms with van der Waals surface area (Å²) in [4.78, 5) is 11.4. The summed E-state index contributed by atoms with van der Waals surface area (Å²) in [5.41, 5.74) is 0.966. The van der Waals surface area contributed by atoms with Crippen molar-refractivity contribution in [2.75, 3.05) is 0 Å². The Bertz CT molecular complexity index is 566. The molecule has 2 atom stereocenters. The van der Waals surface area contributed by atoms with Crippen molar-refractivity contribution < 1.29 is 18.3 Å². The highest BCUT2D eigenvalue weighted by atomic mass is 32.2. The average Bonchev–Trinajstić information content (AvgIpc) is 2.38. The third kappa shape index (κ3) is 5.13. The van der Waals surface area contributed by atoms with Crippen molar-refractivity contribution in [3.63, 3.8) is 0 Å². The van der Waals surface area contributed by atoms with Gasteiger partial charge in [-0.1, -0.05) is 37.5 Å². The van der Waals surface area contributed by atoms with Crippen molar-refractivity contribution in [3.05, 3.63) is 29.8 Å². The molecule has 0 bridgehead atoms. The van der Waals surface area contributed by atoms with Crippen LogP contribution in [0.1, 0.15) is 38.7 Å². The molecule has 1 aromatic carbocycles. The van der Waals surface area contributed by atoms with Gasteiger partial charge in [0.05, 0.1) is 10.8 Å². The molecule has 0 fully saturated rings. The SMILES string of the molecule is CCCC[C@H](C(=O)O)[C@@H](C)NS(=O)(=O)c1ccc(C)cc1. The van der Waals surface area contributed by atoms with Gasteiger partial charge >= 0.3 is 5.97 Å². The highest BCUT2D eigenvalue weighted by Gasteiger charge is 2.28. The van der Waals surface area contributed by atoms with E-state index in [-0.39, 0.29) is 4.90 Å². The Morgan fingerprint density at radius 1 is 1.29 bits per heavy atom. The van der Waals surface area contributed by atoms with Gasteiger partial charge in [0, 0.05) is 6.04 Å². The fourth-order valence-electron chi connectivity index (χ4n) is 2.12. The monoisotopic (exact) mass is 313 g/mol. The van der Waals surface area contributed by atoms with Crippen LogP contribution < -0.4 is 4.72 Å². The summed E-state index contributed by atoms with van der Waals surface area (Å²) in [5.74, 6) is -1.69. The number of nitrogens with one attached hydrogen (secondary N) is 1. The summed E-state index contributed by atoms with van der Waals surface area (Å²) in [6.45, 7) is 5.44. The van der Waals surface area contributed by atoms with E-state index in [1.165, 1.54) is 12.1 Å². The molecule has 0 unspecified atom stereocenters. The Hall–Kier alpha value is -1.40. The first-order valence-corrected chi connectivity index (χ1v) is 8.58. The van der Waals surface area contributed by atoms with E-state index in [0.717, 1.165) is 18.4 Å². The second kappa shape index (κ2) is 7.56. The smallest absolute Gasteiger partial charge is 0.308 e. The van der Waals surface area contributed by atoms with Crippen molar-refractivity contribution in [2.45, 2.75) is 51.0 Å². The molecular weight excluding hydrogens is 290 g/mol. The Morgan fingerprint density at radius 3 is 2.33 bits per heavy atom. The second-order valence-corrected chi connectivity index (χ2v) is 7.02. The quantitative estimate of drug-likeness (QED) is 0.772. The molecule has 0 heterocycles. The van der Waals surface area contributed by atoms with Crippen LogP contribution in [0.25, 0.3) is 0 Å². The van der Waals surface area contributed by atoms with Gasteiger partial charge in [0.25, 0.3) is 0 Å². The van der Waals surface area contributed by atoms with Crippen LogP contribution in [0.15, 0.2) is 29.2 Å². The number of aryl methyl sites for hydroxylation is 1. The number of carboxylic acid groups (broad SMARTS) is 1. The predicted octanol–water partition coefficient (Wildman–Crippen LogP) is 2.55. The van der Waals surface area contributed by atoms with Crippen LogP contribution in [0.5, 0.6) is 0 Å². The molecule has 2 N–H and O–H groups in total. The van der Waals surface area contributed by atoms with E-state index in [9.17, 15) is 18.3 Å². The van der Waals surface area contributed by atoms with Crippen molar-refractivity contribution in [1.29, 1.82) is 0 Å². The summed E-state index contributed by atoms with van der Waals surface area (Å²) in [5, 5.41) is 9.24. The van der Waals surface area contributed by atoms with Crippen molar-refractivity contribution in [2.24, 2.45) is 5.92 Å². The predicted molar refractivity (Wildman–Crippen MR) is 81.6 cm³/mol. The van der Waals surface area contributed by atoms with E-state index in [2.05, 4.69) is 4.72 Å². The van der Waals surface area contributed by atoms with Crippen molar-refractivity contribution in [3.8, 4) is 0 Å². The molecule has 0 spiro atoms. The Morgan fingerprint density at radius 2 is 1.86 bits per heavy atom. The van der Waals surface area contributed by atoms with Gasteiger partial charge in [-0.05, 0) is 32.4 Å². The summed E-state index contributed by atoms with van der Waals surface area (Å²) in [6, 6.07) is 5.81. The van der Waals surface area contributed by atoms with Crippen molar-refractivity contribution in [1.82, 2.24) is 4.72 Å². The van der Waals surface area contributed by atoms with Gasteiger partial charge in [-0.25, -0.2) is 13.1 Å². The second-order valence-electron chi connectivity index (χ2n) is 5.31. The van der Waals surface area contributed by atoms with E-state index in [0.29, 0.717) is 6.42 Å². The van der Waals surface area contributed by atoms with Crippen LogP contribution in [-0.4, -0.2) is 25.5 Å². The maximum absolute atomic E-state index is 12.3. The molecule has 0 saturated carbocycles. The summed E-state index contributed by atoms with van der Waals surface area (Å²) >= 11 is 0. The lowest BCUT2D eigenvalue weighted by molar-refractivity contribution is -0.142. The van der Waals surface area contributed by atoms with Gasteiger partial charge in [0.2, 0.25) is 10.0 Å². The highest BCUT2D eigenvalue weighted by molar-refractivity contribution is 7.89. The maximum atomic E-state index is 12.3. The van der Waals surface area contributed by atoms with Crippen LogP contribution in [0.2, 0.25) is 0 Å². The summed E-state index contributed by atoms with van der Waals surface area (Å²) in [7, 11) is -3.69. The number of carboxylic acids is 1. The largest absolute Gasteiger partial charge is 0.481 e. The Kier molecular flexibility index (Phi) is 6.36. The number of sulfonamides is 1. The lowest BCUT2D eigenvalue weighted by Crippen LogP contribution is -2.41. The Balaban J connectivity index is 2.85. The molecule has 21 heavy (non-hydrogen) atoms. The van der Waals surface area contributed by atoms with E-state index < -0.39 is 28.0 Å². The van der Waals surface area contributed by atoms with Gasteiger partial charge in [-0.15, -0.1) is 0 Å². The van der Waals surface area contributed by atoms with Crippen LogP contribution >= 0.6 is 0 Å². The van der Waals surface area contributed by atoms with Crippen LogP contribution in [0.3, 0.4) is 0 Å². The van der Waals surface area contributed by atoms with Gasteiger partial charge < -0.3 is 5.11 Å². The first-order valence-electron chi connectivity index (χ1n) is 7.09. The molecule has 5 nitrogen and oxygen atoms in total. The summed E-state index contributed by atoms with van der Waals surface area (Å²) < 4.78 is 27.0. The van der Waals surface area contributed by atoms with Crippen LogP contribution in [0.4, 0.5) is 0 Å². The average molecular weight is 313 g/mol. The number of aliphatic carboxylic acids is 1. The van der Waals surface area contributed by atoms with E-state index >= 15 is 0 Å². The molecule has 1 rings (SSSR count). The highest BCUT2D eigenvalue weighted by Crippen LogP contribution is 2.17. The maximum Gasteiger partial charge on any atom is 0.308 e. The third-order valence-corrected chi connectivity index (χ3v) is 5.04. The minimum absolute atomic E-state index is 0.152. The number of rotatable bonds is 8. The lowest BCUT2D eigenvalue weighted by Gasteiger charge is -2.21. The van der Waals surface area contributed by atoms with Crippen molar-refractivity contribution >= 4 is 16.0 Å². The molecule has 0 aliphatic rings. The number of benzene rings is 1. The molecule has 0 aliphatic heterocycles. The molecule has 1 aromatic rings. The molecule has 6 heteroatoms. The minimum atomic E-state index is -3.69. The first-order chi connectivity index (χ1) is 9.77. The molecule has 0 aliphatic carbocycles. The number of carbonyl (C=O) groups is 1. The van der Waals surface area contributed by atoms with E-state index in [4.69, 9.17) is 0 Å². The number of hydrogen-bond donors (Lipinski definition) is 2. The zero-order chi connectivity index (χ0) is 16.0. The fraction of sp³-hybridized carbons (Fsp3) is 0.533. The number of unbranched alkanes of at least 4 members (excludes halogenated alkanes) is 1. The molecule has 0 saturated heterocycles. The molecule has 0 aromatic heterocycles. The van der Waals surface area contributed by atoms with Gasteiger partial charge in [-0.2, -0.15) is 0 Å².